The quantitative estimate of drug-likeness (QED) is 0.207. The van der Waals surface area contributed by atoms with Gasteiger partial charge >= 0.3 is 0 Å². The summed E-state index contributed by atoms with van der Waals surface area (Å²) in [6, 6.07) is 44.4. The smallest absolute Gasteiger partial charge is 0.137 e. The van der Waals surface area contributed by atoms with Crippen molar-refractivity contribution in [2.45, 2.75) is 31.3 Å². The molecule has 196 valence electrons. The summed E-state index contributed by atoms with van der Waals surface area (Å²) in [5, 5.41) is 12.8. The number of aliphatic hydroxyl groups is 1. The molecule has 0 aliphatic heterocycles. The Balaban J connectivity index is 1.55. The first-order valence-electron chi connectivity index (χ1n) is 13.2. The van der Waals surface area contributed by atoms with Gasteiger partial charge in [-0.25, -0.2) is 0 Å². The van der Waals surface area contributed by atoms with Gasteiger partial charge in [-0.1, -0.05) is 127 Å². The summed E-state index contributed by atoms with van der Waals surface area (Å²) in [4.78, 5) is 0. The van der Waals surface area contributed by atoms with E-state index in [9.17, 15) is 5.11 Å². The first kappa shape index (κ1) is 26.2. The molecule has 1 atom stereocenters. The van der Waals surface area contributed by atoms with Crippen molar-refractivity contribution in [3.63, 3.8) is 0 Å². The van der Waals surface area contributed by atoms with Crippen LogP contribution in [0.4, 0.5) is 0 Å². The molecule has 0 aliphatic rings. The van der Waals surface area contributed by atoms with Gasteiger partial charge in [0.25, 0.3) is 0 Å². The minimum absolute atomic E-state index is 0.369. The maximum absolute atomic E-state index is 12.8. The molecular weight excluding hydrogens is 482 g/mol. The van der Waals surface area contributed by atoms with Crippen LogP contribution in [-0.2, 0) is 25.2 Å². The summed E-state index contributed by atoms with van der Waals surface area (Å²) in [6.45, 7) is 0.738. The van der Waals surface area contributed by atoms with E-state index < -0.39 is 11.6 Å². The molecule has 4 heteroatoms. The van der Waals surface area contributed by atoms with Crippen molar-refractivity contribution in [3.8, 4) is 11.5 Å². The van der Waals surface area contributed by atoms with Crippen LogP contribution in [0, 0.1) is 0 Å². The van der Waals surface area contributed by atoms with E-state index in [-0.39, 0.29) is 0 Å². The molecule has 5 rings (SSSR count). The topological polar surface area (TPSA) is 64.7 Å². The van der Waals surface area contributed by atoms with Crippen molar-refractivity contribution in [1.82, 2.24) is 0 Å². The maximum atomic E-state index is 12.8. The second-order valence-electron chi connectivity index (χ2n) is 9.60. The van der Waals surface area contributed by atoms with Gasteiger partial charge in [-0.3, -0.25) is 0 Å². The van der Waals surface area contributed by atoms with E-state index in [0.29, 0.717) is 42.3 Å². The molecule has 0 spiro atoms. The van der Waals surface area contributed by atoms with Gasteiger partial charge in [0.1, 0.15) is 30.3 Å². The predicted octanol–water partition coefficient (Wildman–Crippen LogP) is 6.65. The van der Waals surface area contributed by atoms with Gasteiger partial charge in [0.2, 0.25) is 0 Å². The minimum atomic E-state index is -1.60. The third-order valence-electron chi connectivity index (χ3n) is 6.90. The molecule has 0 bridgehead atoms. The SMILES string of the molecule is NC(Cc1ccccc1)C(O)(c1ccccc1OCc1ccccc1)c1ccccc1OCc1ccccc1. The number of rotatable bonds is 11. The van der Waals surface area contributed by atoms with E-state index in [0.717, 1.165) is 16.7 Å². The summed E-state index contributed by atoms with van der Waals surface area (Å²) in [5.41, 5.74) is 9.65. The van der Waals surface area contributed by atoms with Gasteiger partial charge in [-0.2, -0.15) is 0 Å². The molecule has 0 fully saturated rings. The summed E-state index contributed by atoms with van der Waals surface area (Å²) in [7, 11) is 0. The summed E-state index contributed by atoms with van der Waals surface area (Å²) in [6.07, 6.45) is 0.456. The molecule has 1 unspecified atom stereocenters. The fraction of sp³-hybridized carbons (Fsp3) is 0.143. The molecule has 0 saturated carbocycles. The summed E-state index contributed by atoms with van der Waals surface area (Å²) < 4.78 is 12.6. The van der Waals surface area contributed by atoms with Crippen molar-refractivity contribution >= 4 is 0 Å². The Morgan fingerprint density at radius 2 is 0.872 bits per heavy atom. The van der Waals surface area contributed by atoms with Crippen molar-refractivity contribution in [1.29, 1.82) is 0 Å². The van der Waals surface area contributed by atoms with Gasteiger partial charge in [0.15, 0.2) is 0 Å². The molecule has 0 amide bonds. The number of ether oxygens (including phenoxy) is 2. The Morgan fingerprint density at radius 3 is 1.31 bits per heavy atom. The highest BCUT2D eigenvalue weighted by Crippen LogP contribution is 2.43. The van der Waals surface area contributed by atoms with Gasteiger partial charge in [-0.15, -0.1) is 0 Å². The van der Waals surface area contributed by atoms with E-state index in [4.69, 9.17) is 15.2 Å². The zero-order valence-corrected chi connectivity index (χ0v) is 21.8. The third-order valence-corrected chi connectivity index (χ3v) is 6.90. The van der Waals surface area contributed by atoms with Gasteiger partial charge < -0.3 is 20.3 Å². The van der Waals surface area contributed by atoms with Gasteiger partial charge in [0, 0.05) is 17.2 Å². The Kier molecular flexibility index (Phi) is 8.37. The van der Waals surface area contributed by atoms with Crippen LogP contribution in [0.1, 0.15) is 27.8 Å². The van der Waals surface area contributed by atoms with Crippen molar-refractivity contribution in [3.05, 3.63) is 167 Å². The van der Waals surface area contributed by atoms with Crippen molar-refractivity contribution in [2.75, 3.05) is 0 Å². The number of para-hydroxylation sites is 2. The van der Waals surface area contributed by atoms with Crippen LogP contribution in [0.3, 0.4) is 0 Å². The van der Waals surface area contributed by atoms with Crippen LogP contribution >= 0.6 is 0 Å². The fourth-order valence-electron chi connectivity index (χ4n) is 4.85. The van der Waals surface area contributed by atoms with Crippen molar-refractivity contribution in [2.24, 2.45) is 5.73 Å². The molecule has 3 N–H and O–H groups in total. The first-order valence-corrected chi connectivity index (χ1v) is 13.2. The minimum Gasteiger partial charge on any atom is -0.488 e. The molecule has 39 heavy (non-hydrogen) atoms. The number of nitrogens with two attached hydrogens (primary N) is 1. The maximum Gasteiger partial charge on any atom is 0.137 e. The molecular formula is C35H33NO3. The average molecular weight is 516 g/mol. The molecule has 5 aromatic carbocycles. The first-order chi connectivity index (χ1) is 19.1. The summed E-state index contributed by atoms with van der Waals surface area (Å²) >= 11 is 0. The Labute approximate surface area is 230 Å². The zero-order valence-electron chi connectivity index (χ0n) is 21.8. The van der Waals surface area contributed by atoms with Crippen LogP contribution in [0.2, 0.25) is 0 Å². The Morgan fingerprint density at radius 1 is 0.513 bits per heavy atom. The Bertz CT molecular complexity index is 1370. The van der Waals surface area contributed by atoms with Crippen molar-refractivity contribution < 1.29 is 14.6 Å². The second kappa shape index (κ2) is 12.4. The zero-order chi connectivity index (χ0) is 26.9. The van der Waals surface area contributed by atoms with E-state index in [1.54, 1.807) is 0 Å². The van der Waals surface area contributed by atoms with Crippen LogP contribution in [-0.4, -0.2) is 11.1 Å². The molecule has 0 heterocycles. The fourth-order valence-corrected chi connectivity index (χ4v) is 4.85. The highest BCUT2D eigenvalue weighted by molar-refractivity contribution is 5.51. The van der Waals surface area contributed by atoms with Crippen LogP contribution in [0.25, 0.3) is 0 Å². The lowest BCUT2D eigenvalue weighted by Crippen LogP contribution is -2.48. The number of hydrogen-bond acceptors (Lipinski definition) is 4. The molecule has 0 radical (unpaired) electrons. The van der Waals surface area contributed by atoms with Crippen LogP contribution in [0.5, 0.6) is 11.5 Å². The monoisotopic (exact) mass is 515 g/mol. The second-order valence-corrected chi connectivity index (χ2v) is 9.60. The molecule has 0 saturated heterocycles. The largest absolute Gasteiger partial charge is 0.488 e. The van der Waals surface area contributed by atoms with Gasteiger partial charge in [0.05, 0.1) is 0 Å². The lowest BCUT2D eigenvalue weighted by molar-refractivity contribution is 0.0448. The van der Waals surface area contributed by atoms with Crippen LogP contribution < -0.4 is 15.2 Å². The van der Waals surface area contributed by atoms with E-state index in [1.165, 1.54) is 0 Å². The lowest BCUT2D eigenvalue weighted by Gasteiger charge is -2.37. The number of hydrogen-bond donors (Lipinski definition) is 2. The third kappa shape index (κ3) is 6.20. The molecule has 0 aromatic heterocycles. The molecule has 4 nitrogen and oxygen atoms in total. The standard InChI is InChI=1S/C35H33NO3/c36-34(24-27-14-4-1-5-15-27)35(37,30-20-10-12-22-32(30)38-25-28-16-6-2-7-17-28)31-21-11-13-23-33(31)39-26-29-18-8-3-9-19-29/h1-23,34,37H,24-26,36H2. The predicted molar refractivity (Wildman–Crippen MR) is 156 cm³/mol. The average Bonchev–Trinajstić information content (AvgIpc) is 3.00. The number of benzene rings is 5. The van der Waals surface area contributed by atoms with Crippen LogP contribution in [0.15, 0.2) is 140 Å². The molecule has 0 aliphatic carbocycles. The van der Waals surface area contributed by atoms with E-state index in [2.05, 4.69) is 0 Å². The highest BCUT2D eigenvalue weighted by Gasteiger charge is 2.42. The normalized spacial score (nSPS) is 12.1. The van der Waals surface area contributed by atoms with Gasteiger partial charge in [-0.05, 0) is 35.2 Å². The highest BCUT2D eigenvalue weighted by atomic mass is 16.5. The molecule has 5 aromatic rings. The lowest BCUT2D eigenvalue weighted by atomic mass is 9.77. The summed E-state index contributed by atoms with van der Waals surface area (Å²) in [5.74, 6) is 1.15. The van der Waals surface area contributed by atoms with E-state index >= 15 is 0 Å². The van der Waals surface area contributed by atoms with E-state index in [1.807, 2.05) is 140 Å². The Hall–Kier alpha value is -4.38.